The maximum atomic E-state index is 12.2. The van der Waals surface area contributed by atoms with E-state index in [-0.39, 0.29) is 6.04 Å². The van der Waals surface area contributed by atoms with E-state index in [4.69, 9.17) is 4.74 Å². The van der Waals surface area contributed by atoms with E-state index < -0.39 is 10.0 Å². The molecule has 0 heterocycles. The molecule has 2 aliphatic rings. The average Bonchev–Trinajstić information content (AvgIpc) is 3.58. The lowest BCUT2D eigenvalue weighted by Crippen LogP contribution is -2.40. The minimum Gasteiger partial charge on any atom is -0.379 e. The number of hydrogen-bond acceptors (Lipinski definition) is 4. The van der Waals surface area contributed by atoms with Gasteiger partial charge in [-0.15, -0.1) is 0 Å². The van der Waals surface area contributed by atoms with E-state index in [1.807, 2.05) is 26.1 Å². The highest BCUT2D eigenvalue weighted by Gasteiger charge is 2.27. The summed E-state index contributed by atoms with van der Waals surface area (Å²) in [6.07, 6.45) is 4.46. The van der Waals surface area contributed by atoms with Gasteiger partial charge in [-0.1, -0.05) is 12.1 Å². The van der Waals surface area contributed by atoms with Gasteiger partial charge in [0.1, 0.15) is 0 Å². The van der Waals surface area contributed by atoms with Crippen LogP contribution in [0.3, 0.4) is 0 Å². The molecule has 2 aliphatic carbocycles. The second-order valence-corrected chi connectivity index (χ2v) is 9.36. The van der Waals surface area contributed by atoms with Gasteiger partial charge >= 0.3 is 0 Å². The zero-order valence-corrected chi connectivity index (χ0v) is 17.7. The van der Waals surface area contributed by atoms with Gasteiger partial charge in [0, 0.05) is 32.8 Å². The third-order valence-electron chi connectivity index (χ3n) is 4.86. The van der Waals surface area contributed by atoms with Crippen LogP contribution in [0.5, 0.6) is 0 Å². The molecule has 0 spiro atoms. The molecule has 3 rings (SSSR count). The predicted molar refractivity (Wildman–Crippen MR) is 111 cm³/mol. The summed E-state index contributed by atoms with van der Waals surface area (Å²) in [6.45, 7) is 5.66. The molecule has 156 valence electrons. The summed E-state index contributed by atoms with van der Waals surface area (Å²) in [4.78, 5) is 7.04. The molecule has 0 unspecified atom stereocenters. The highest BCUT2D eigenvalue weighted by Crippen LogP contribution is 2.28. The molecule has 28 heavy (non-hydrogen) atoms. The van der Waals surface area contributed by atoms with E-state index in [0.29, 0.717) is 18.0 Å². The van der Waals surface area contributed by atoms with Gasteiger partial charge in [0.05, 0.1) is 18.0 Å². The Balaban J connectivity index is 1.52. The molecule has 0 saturated heterocycles. The quantitative estimate of drug-likeness (QED) is 0.332. The number of benzene rings is 1. The molecule has 0 aromatic heterocycles. The molecule has 0 amide bonds. The summed E-state index contributed by atoms with van der Waals surface area (Å²) in [5.74, 6) is 1.60. The largest absolute Gasteiger partial charge is 0.379 e. The Morgan fingerprint density at radius 2 is 1.93 bits per heavy atom. The number of aliphatic imine (C=N–C) groups is 1. The van der Waals surface area contributed by atoms with Gasteiger partial charge in [0.15, 0.2) is 5.96 Å². The fourth-order valence-corrected chi connectivity index (χ4v) is 4.05. The van der Waals surface area contributed by atoms with Gasteiger partial charge < -0.3 is 15.0 Å². The van der Waals surface area contributed by atoms with Crippen LogP contribution in [0, 0.1) is 5.92 Å². The van der Waals surface area contributed by atoms with Crippen LogP contribution in [0.1, 0.15) is 38.2 Å². The van der Waals surface area contributed by atoms with Crippen LogP contribution in [0.25, 0.3) is 0 Å². The first-order chi connectivity index (χ1) is 13.5. The molecule has 8 heteroatoms. The fraction of sp³-hybridized carbons (Fsp3) is 0.650. The van der Waals surface area contributed by atoms with Crippen molar-refractivity contribution in [3.05, 3.63) is 29.8 Å². The van der Waals surface area contributed by atoms with Crippen molar-refractivity contribution in [3.8, 4) is 0 Å². The normalized spacial score (nSPS) is 17.6. The molecule has 0 aliphatic heterocycles. The Bertz CT molecular complexity index is 756. The van der Waals surface area contributed by atoms with E-state index in [2.05, 4.69) is 19.9 Å². The minimum absolute atomic E-state index is 0.112. The van der Waals surface area contributed by atoms with E-state index in [0.717, 1.165) is 50.0 Å². The first-order valence-electron chi connectivity index (χ1n) is 10.2. The van der Waals surface area contributed by atoms with Crippen LogP contribution in [0.15, 0.2) is 34.2 Å². The van der Waals surface area contributed by atoms with Gasteiger partial charge in [0.2, 0.25) is 10.0 Å². The highest BCUT2D eigenvalue weighted by molar-refractivity contribution is 7.89. The molecule has 1 aromatic carbocycles. The topological polar surface area (TPSA) is 83.0 Å². The van der Waals surface area contributed by atoms with Gasteiger partial charge in [-0.2, -0.15) is 0 Å². The first-order valence-corrected chi connectivity index (χ1v) is 11.6. The number of guanidine groups is 1. The van der Waals surface area contributed by atoms with Gasteiger partial charge in [-0.05, 0) is 56.2 Å². The number of nitrogens with zero attached hydrogens (tertiary/aromatic N) is 2. The van der Waals surface area contributed by atoms with Crippen molar-refractivity contribution < 1.29 is 13.2 Å². The third-order valence-corrected chi connectivity index (χ3v) is 6.40. The van der Waals surface area contributed by atoms with E-state index in [1.165, 1.54) is 12.8 Å². The van der Waals surface area contributed by atoms with Crippen LogP contribution < -0.4 is 10.0 Å². The molecule has 0 radical (unpaired) electrons. The molecule has 0 bridgehead atoms. The number of nitrogens with one attached hydrogen (secondary N) is 2. The van der Waals surface area contributed by atoms with Crippen LogP contribution >= 0.6 is 0 Å². The van der Waals surface area contributed by atoms with Crippen molar-refractivity contribution in [1.29, 1.82) is 0 Å². The van der Waals surface area contributed by atoms with Crippen molar-refractivity contribution in [1.82, 2.24) is 14.9 Å². The number of rotatable bonds is 11. The van der Waals surface area contributed by atoms with E-state index >= 15 is 0 Å². The Hall–Kier alpha value is -1.64. The number of likely N-dealkylation sites (N-methyl/N-ethyl adjacent to an activating group) is 1. The van der Waals surface area contributed by atoms with Gasteiger partial charge in [-0.3, -0.25) is 0 Å². The molecular weight excluding hydrogens is 376 g/mol. The number of hydrogen-bond donors (Lipinski definition) is 2. The van der Waals surface area contributed by atoms with Crippen LogP contribution in [0.4, 0.5) is 0 Å². The maximum Gasteiger partial charge on any atom is 0.240 e. The van der Waals surface area contributed by atoms with Crippen molar-refractivity contribution >= 4 is 16.0 Å². The second kappa shape index (κ2) is 9.71. The lowest BCUT2D eigenvalue weighted by atomic mass is 10.2. The standard InChI is InChI=1S/C20H32N4O3S/c1-3-21-20(24(2)12-13-27-15-17-4-5-17)22-14-16-6-10-19(11-7-16)28(25,26)23-18-8-9-18/h6-7,10-11,17-18,23H,3-5,8-9,12-15H2,1-2H3,(H,21,22). The summed E-state index contributed by atoms with van der Waals surface area (Å²) >= 11 is 0. The van der Waals surface area contributed by atoms with Crippen molar-refractivity contribution in [2.45, 2.75) is 50.1 Å². The summed E-state index contributed by atoms with van der Waals surface area (Å²) in [5.41, 5.74) is 0.971. The molecule has 2 N–H and O–H groups in total. The summed E-state index contributed by atoms with van der Waals surface area (Å²) in [6, 6.07) is 7.07. The number of ether oxygens (including phenoxy) is 1. The van der Waals surface area contributed by atoms with Crippen molar-refractivity contribution in [2.24, 2.45) is 10.9 Å². The smallest absolute Gasteiger partial charge is 0.240 e. The molecule has 1 aromatic rings. The van der Waals surface area contributed by atoms with Gasteiger partial charge in [-0.25, -0.2) is 18.1 Å². The zero-order valence-electron chi connectivity index (χ0n) is 16.9. The van der Waals surface area contributed by atoms with Crippen molar-refractivity contribution in [2.75, 3.05) is 33.4 Å². The summed E-state index contributed by atoms with van der Waals surface area (Å²) < 4.78 is 32.9. The minimum atomic E-state index is -3.40. The van der Waals surface area contributed by atoms with Gasteiger partial charge in [0.25, 0.3) is 0 Å². The lowest BCUT2D eigenvalue weighted by molar-refractivity contribution is 0.115. The molecule has 7 nitrogen and oxygen atoms in total. The Morgan fingerprint density at radius 1 is 1.21 bits per heavy atom. The van der Waals surface area contributed by atoms with Crippen molar-refractivity contribution in [3.63, 3.8) is 0 Å². The third kappa shape index (κ3) is 6.76. The molecule has 2 saturated carbocycles. The van der Waals surface area contributed by atoms with Crippen LogP contribution in [0.2, 0.25) is 0 Å². The monoisotopic (exact) mass is 408 g/mol. The Kier molecular flexibility index (Phi) is 7.31. The summed E-state index contributed by atoms with van der Waals surface area (Å²) in [5, 5.41) is 3.29. The second-order valence-electron chi connectivity index (χ2n) is 7.65. The van der Waals surface area contributed by atoms with E-state index in [9.17, 15) is 8.42 Å². The molecule has 0 atom stereocenters. The number of sulfonamides is 1. The average molecular weight is 409 g/mol. The fourth-order valence-electron chi connectivity index (χ4n) is 2.74. The predicted octanol–water partition coefficient (Wildman–Crippen LogP) is 1.95. The molecule has 2 fully saturated rings. The van der Waals surface area contributed by atoms with E-state index in [1.54, 1.807) is 12.1 Å². The SMILES string of the molecule is CCNC(=NCc1ccc(S(=O)(=O)NC2CC2)cc1)N(C)CCOCC1CC1. The molecular formula is C20H32N4O3S. The first kappa shape index (κ1) is 21.1. The Morgan fingerprint density at radius 3 is 2.54 bits per heavy atom. The Labute approximate surface area is 168 Å². The maximum absolute atomic E-state index is 12.2. The highest BCUT2D eigenvalue weighted by atomic mass is 32.2. The van der Waals surface area contributed by atoms with Crippen LogP contribution in [-0.4, -0.2) is 58.7 Å². The summed E-state index contributed by atoms with van der Waals surface area (Å²) in [7, 11) is -1.40. The van der Waals surface area contributed by atoms with Crippen LogP contribution in [-0.2, 0) is 21.3 Å². The zero-order chi connectivity index (χ0) is 20.0. The lowest BCUT2D eigenvalue weighted by Gasteiger charge is -2.22.